The van der Waals surface area contributed by atoms with E-state index < -0.39 is 0 Å². The molecule has 0 aliphatic carbocycles. The topological polar surface area (TPSA) is 71.3 Å². The molecule has 2 N–H and O–H groups in total. The van der Waals surface area contributed by atoms with E-state index in [-0.39, 0.29) is 23.6 Å². The van der Waals surface area contributed by atoms with Crippen LogP contribution in [0.2, 0.25) is 0 Å². The smallest absolute Gasteiger partial charge is 0.291 e. The molecule has 0 radical (unpaired) electrons. The van der Waals surface area contributed by atoms with Gasteiger partial charge in [0.15, 0.2) is 10.4 Å². The van der Waals surface area contributed by atoms with Crippen LogP contribution in [0.3, 0.4) is 0 Å². The number of carbonyl (C=O) groups is 2. The standard InChI is InChI=1S/C20H17BrN2O3/c1-13(14-6-3-2-4-7-14)22-19(24)15-8-5-9-16(12-15)23-20(25)17-10-11-18(21)26-17/h2-13H,1H3,(H,22,24)(H,23,25). The van der Waals surface area contributed by atoms with Crippen LogP contribution >= 0.6 is 15.9 Å². The fraction of sp³-hybridized carbons (Fsp3) is 0.100. The number of hydrogen-bond donors (Lipinski definition) is 2. The van der Waals surface area contributed by atoms with Crippen LogP contribution in [-0.2, 0) is 0 Å². The third kappa shape index (κ3) is 4.40. The summed E-state index contributed by atoms with van der Waals surface area (Å²) in [6.45, 7) is 1.92. The summed E-state index contributed by atoms with van der Waals surface area (Å²) in [4.78, 5) is 24.6. The summed E-state index contributed by atoms with van der Waals surface area (Å²) in [5, 5.41) is 5.67. The van der Waals surface area contributed by atoms with Crippen molar-refractivity contribution < 1.29 is 14.0 Å². The van der Waals surface area contributed by atoms with Crippen LogP contribution in [-0.4, -0.2) is 11.8 Å². The molecule has 3 aromatic rings. The Kier molecular flexibility index (Phi) is 5.53. The summed E-state index contributed by atoms with van der Waals surface area (Å²) in [6.07, 6.45) is 0. The molecule has 5 nitrogen and oxygen atoms in total. The molecule has 26 heavy (non-hydrogen) atoms. The number of benzene rings is 2. The van der Waals surface area contributed by atoms with Crippen molar-refractivity contribution in [3.8, 4) is 0 Å². The van der Waals surface area contributed by atoms with E-state index in [1.54, 1.807) is 36.4 Å². The van der Waals surface area contributed by atoms with Gasteiger partial charge in [-0.25, -0.2) is 0 Å². The Morgan fingerprint density at radius 3 is 2.42 bits per heavy atom. The number of halogens is 1. The average Bonchev–Trinajstić information content (AvgIpc) is 3.09. The second kappa shape index (κ2) is 8.01. The SMILES string of the molecule is CC(NC(=O)c1cccc(NC(=O)c2ccc(Br)o2)c1)c1ccccc1. The summed E-state index contributed by atoms with van der Waals surface area (Å²) in [5.74, 6) is -0.409. The van der Waals surface area contributed by atoms with E-state index in [9.17, 15) is 9.59 Å². The molecule has 3 rings (SSSR count). The van der Waals surface area contributed by atoms with E-state index in [1.165, 1.54) is 0 Å². The van der Waals surface area contributed by atoms with Gasteiger partial charge in [-0.15, -0.1) is 0 Å². The Bertz CT molecular complexity index is 922. The second-order valence-electron chi connectivity index (χ2n) is 5.74. The van der Waals surface area contributed by atoms with Crippen LogP contribution in [0, 0.1) is 0 Å². The van der Waals surface area contributed by atoms with Gasteiger partial charge in [0.2, 0.25) is 0 Å². The first-order valence-corrected chi connectivity index (χ1v) is 8.85. The summed E-state index contributed by atoms with van der Waals surface area (Å²) in [7, 11) is 0. The molecule has 2 amide bonds. The first kappa shape index (κ1) is 17.9. The van der Waals surface area contributed by atoms with E-state index in [2.05, 4.69) is 26.6 Å². The zero-order valence-corrected chi connectivity index (χ0v) is 15.6. The molecule has 0 aliphatic heterocycles. The highest BCUT2D eigenvalue weighted by atomic mass is 79.9. The van der Waals surface area contributed by atoms with Gasteiger partial charge >= 0.3 is 0 Å². The number of rotatable bonds is 5. The predicted molar refractivity (Wildman–Crippen MR) is 103 cm³/mol. The number of carbonyl (C=O) groups excluding carboxylic acids is 2. The molecular weight excluding hydrogens is 396 g/mol. The number of anilines is 1. The van der Waals surface area contributed by atoms with Crippen LogP contribution in [0.15, 0.2) is 75.8 Å². The second-order valence-corrected chi connectivity index (χ2v) is 6.53. The molecule has 0 spiro atoms. The van der Waals surface area contributed by atoms with Gasteiger partial charge in [-0.3, -0.25) is 9.59 Å². The average molecular weight is 413 g/mol. The molecule has 6 heteroatoms. The fourth-order valence-electron chi connectivity index (χ4n) is 2.47. The van der Waals surface area contributed by atoms with E-state index in [1.807, 2.05) is 37.3 Å². The predicted octanol–water partition coefficient (Wildman–Crippen LogP) is 4.79. The highest BCUT2D eigenvalue weighted by Crippen LogP contribution is 2.18. The van der Waals surface area contributed by atoms with Crippen LogP contribution < -0.4 is 10.6 Å². The fourth-order valence-corrected chi connectivity index (χ4v) is 2.78. The molecule has 132 valence electrons. The number of amides is 2. The van der Waals surface area contributed by atoms with Crippen molar-refractivity contribution in [1.82, 2.24) is 5.32 Å². The van der Waals surface area contributed by atoms with Crippen molar-refractivity contribution in [1.29, 1.82) is 0 Å². The summed E-state index contributed by atoms with van der Waals surface area (Å²) >= 11 is 3.16. The Labute approximate surface area is 159 Å². The molecule has 1 unspecified atom stereocenters. The zero-order valence-electron chi connectivity index (χ0n) is 14.0. The van der Waals surface area contributed by atoms with Crippen LogP contribution in [0.25, 0.3) is 0 Å². The Hall–Kier alpha value is -2.86. The number of furan rings is 1. The van der Waals surface area contributed by atoms with E-state index in [4.69, 9.17) is 4.42 Å². The van der Waals surface area contributed by atoms with Gasteiger partial charge in [-0.05, 0) is 58.7 Å². The van der Waals surface area contributed by atoms with Gasteiger partial charge in [-0.1, -0.05) is 36.4 Å². The Balaban J connectivity index is 1.68. The lowest BCUT2D eigenvalue weighted by molar-refractivity contribution is 0.0938. The minimum absolute atomic E-state index is 0.123. The zero-order chi connectivity index (χ0) is 18.5. The molecule has 0 saturated carbocycles. The summed E-state index contributed by atoms with van der Waals surface area (Å²) < 4.78 is 5.70. The van der Waals surface area contributed by atoms with E-state index >= 15 is 0 Å². The molecule has 2 aromatic carbocycles. The van der Waals surface area contributed by atoms with Crippen molar-refractivity contribution in [2.24, 2.45) is 0 Å². The van der Waals surface area contributed by atoms with Crippen molar-refractivity contribution in [3.63, 3.8) is 0 Å². The van der Waals surface area contributed by atoms with Gasteiger partial charge in [0.1, 0.15) is 0 Å². The summed E-state index contributed by atoms with van der Waals surface area (Å²) in [5.41, 5.74) is 2.00. The third-order valence-corrected chi connectivity index (χ3v) is 4.25. The van der Waals surface area contributed by atoms with Gasteiger partial charge in [0.25, 0.3) is 11.8 Å². The van der Waals surface area contributed by atoms with Crippen molar-refractivity contribution in [3.05, 3.63) is 88.3 Å². The van der Waals surface area contributed by atoms with Crippen LogP contribution in [0.1, 0.15) is 39.4 Å². The molecular formula is C20H17BrN2O3. The molecule has 1 heterocycles. The number of nitrogens with one attached hydrogen (secondary N) is 2. The maximum Gasteiger partial charge on any atom is 0.291 e. The van der Waals surface area contributed by atoms with Crippen molar-refractivity contribution >= 4 is 33.4 Å². The molecule has 0 bridgehead atoms. The molecule has 0 saturated heterocycles. The van der Waals surface area contributed by atoms with Gasteiger partial charge in [0.05, 0.1) is 6.04 Å². The first-order valence-electron chi connectivity index (χ1n) is 8.05. The van der Waals surface area contributed by atoms with E-state index in [0.717, 1.165) is 5.56 Å². The monoisotopic (exact) mass is 412 g/mol. The van der Waals surface area contributed by atoms with Gasteiger partial charge in [0, 0.05) is 11.3 Å². The Morgan fingerprint density at radius 2 is 1.73 bits per heavy atom. The van der Waals surface area contributed by atoms with Gasteiger partial charge < -0.3 is 15.1 Å². The van der Waals surface area contributed by atoms with Crippen molar-refractivity contribution in [2.45, 2.75) is 13.0 Å². The maximum atomic E-state index is 12.5. The molecule has 0 aliphatic rings. The van der Waals surface area contributed by atoms with Crippen LogP contribution in [0.5, 0.6) is 0 Å². The van der Waals surface area contributed by atoms with Gasteiger partial charge in [-0.2, -0.15) is 0 Å². The lowest BCUT2D eigenvalue weighted by Gasteiger charge is -2.14. The largest absolute Gasteiger partial charge is 0.444 e. The third-order valence-electron chi connectivity index (χ3n) is 3.83. The highest BCUT2D eigenvalue weighted by molar-refractivity contribution is 9.10. The quantitative estimate of drug-likeness (QED) is 0.632. The molecule has 0 fully saturated rings. The number of hydrogen-bond acceptors (Lipinski definition) is 3. The highest BCUT2D eigenvalue weighted by Gasteiger charge is 2.14. The minimum atomic E-state index is -0.383. The summed E-state index contributed by atoms with van der Waals surface area (Å²) in [6, 6.07) is 19.6. The molecule has 1 aromatic heterocycles. The normalized spacial score (nSPS) is 11.6. The lowest BCUT2D eigenvalue weighted by Crippen LogP contribution is -2.26. The minimum Gasteiger partial charge on any atom is -0.444 e. The molecule has 1 atom stereocenters. The van der Waals surface area contributed by atoms with Crippen molar-refractivity contribution in [2.75, 3.05) is 5.32 Å². The van der Waals surface area contributed by atoms with Crippen LogP contribution in [0.4, 0.5) is 5.69 Å². The van der Waals surface area contributed by atoms with E-state index in [0.29, 0.717) is 15.9 Å². The lowest BCUT2D eigenvalue weighted by atomic mass is 10.1. The maximum absolute atomic E-state index is 12.5. The Morgan fingerprint density at radius 1 is 0.962 bits per heavy atom. The first-order chi connectivity index (χ1) is 12.5.